The number of urea groups is 1. The maximum absolute atomic E-state index is 11.2. The zero-order chi connectivity index (χ0) is 11.1. The number of amides is 2. The molecule has 0 aromatic carbocycles. The minimum atomic E-state index is -0.129. The van der Waals surface area contributed by atoms with Gasteiger partial charge in [0, 0.05) is 19.7 Å². The van der Waals surface area contributed by atoms with Crippen molar-refractivity contribution in [2.75, 3.05) is 19.7 Å². The minimum Gasteiger partial charge on any atom is -0.378 e. The maximum atomic E-state index is 11.2. The van der Waals surface area contributed by atoms with Crippen molar-refractivity contribution in [2.24, 2.45) is 0 Å². The quantitative estimate of drug-likeness (QED) is 0.677. The third-order valence-electron chi connectivity index (χ3n) is 2.33. The van der Waals surface area contributed by atoms with Crippen LogP contribution in [-0.2, 0) is 4.74 Å². The van der Waals surface area contributed by atoms with Crippen LogP contribution in [0.1, 0.15) is 26.2 Å². The Bertz CT molecular complexity index is 223. The van der Waals surface area contributed by atoms with Gasteiger partial charge in [0.25, 0.3) is 0 Å². The lowest BCUT2D eigenvalue weighted by atomic mass is 10.2. The lowest BCUT2D eigenvalue weighted by Gasteiger charge is -2.10. The van der Waals surface area contributed by atoms with E-state index in [4.69, 9.17) is 4.74 Å². The summed E-state index contributed by atoms with van der Waals surface area (Å²) in [6.45, 7) is 7.66. The second-order valence-corrected chi connectivity index (χ2v) is 3.99. The predicted octanol–water partition coefficient (Wildman–Crippen LogP) is 1.43. The van der Waals surface area contributed by atoms with E-state index in [0.29, 0.717) is 19.2 Å². The topological polar surface area (TPSA) is 50.4 Å². The summed E-state index contributed by atoms with van der Waals surface area (Å²) in [5.41, 5.74) is 0.948. The van der Waals surface area contributed by atoms with Gasteiger partial charge < -0.3 is 15.4 Å². The summed E-state index contributed by atoms with van der Waals surface area (Å²) in [4.78, 5) is 11.2. The number of hydrogen-bond acceptors (Lipinski definition) is 2. The van der Waals surface area contributed by atoms with Gasteiger partial charge in [0.1, 0.15) is 0 Å². The van der Waals surface area contributed by atoms with Crippen LogP contribution in [0.15, 0.2) is 12.2 Å². The van der Waals surface area contributed by atoms with Gasteiger partial charge in [0.05, 0.1) is 6.10 Å². The van der Waals surface area contributed by atoms with E-state index in [2.05, 4.69) is 17.2 Å². The number of hydrogen-bond donors (Lipinski definition) is 2. The van der Waals surface area contributed by atoms with Crippen molar-refractivity contribution < 1.29 is 9.53 Å². The number of ether oxygens (including phenoxy) is 1. The fraction of sp³-hybridized carbons (Fsp3) is 0.727. The van der Waals surface area contributed by atoms with E-state index in [1.54, 1.807) is 0 Å². The molecule has 2 amide bonds. The van der Waals surface area contributed by atoms with Crippen LogP contribution in [0.4, 0.5) is 4.79 Å². The average molecular weight is 212 g/mol. The third-order valence-corrected chi connectivity index (χ3v) is 2.33. The fourth-order valence-corrected chi connectivity index (χ4v) is 1.51. The van der Waals surface area contributed by atoms with Crippen molar-refractivity contribution in [1.29, 1.82) is 0 Å². The van der Waals surface area contributed by atoms with Gasteiger partial charge >= 0.3 is 6.03 Å². The molecule has 1 atom stereocenters. The molecule has 0 bridgehead atoms. The molecule has 4 heteroatoms. The first kappa shape index (κ1) is 12.0. The van der Waals surface area contributed by atoms with Crippen LogP contribution in [-0.4, -0.2) is 31.8 Å². The Hall–Kier alpha value is -1.03. The minimum absolute atomic E-state index is 0.129. The van der Waals surface area contributed by atoms with Crippen LogP contribution < -0.4 is 10.6 Å². The highest BCUT2D eigenvalue weighted by atomic mass is 16.5. The van der Waals surface area contributed by atoms with E-state index in [1.165, 1.54) is 0 Å². The number of nitrogens with one attached hydrogen (secondary N) is 2. The highest BCUT2D eigenvalue weighted by Crippen LogP contribution is 2.14. The molecule has 1 heterocycles. The Kier molecular flexibility index (Phi) is 5.18. The van der Waals surface area contributed by atoms with E-state index >= 15 is 0 Å². The molecule has 0 aromatic heterocycles. The van der Waals surface area contributed by atoms with Crippen molar-refractivity contribution >= 4 is 6.03 Å². The molecule has 1 rings (SSSR count). The van der Waals surface area contributed by atoms with E-state index in [9.17, 15) is 4.79 Å². The van der Waals surface area contributed by atoms with E-state index in [0.717, 1.165) is 31.4 Å². The normalized spacial score (nSPS) is 19.9. The van der Waals surface area contributed by atoms with Crippen LogP contribution >= 0.6 is 0 Å². The van der Waals surface area contributed by atoms with Crippen molar-refractivity contribution in [3.8, 4) is 0 Å². The molecule has 0 unspecified atom stereocenters. The Morgan fingerprint density at radius 2 is 2.33 bits per heavy atom. The zero-order valence-electron chi connectivity index (χ0n) is 9.34. The molecule has 0 saturated carbocycles. The molecular formula is C11H20N2O2. The monoisotopic (exact) mass is 212 g/mol. The van der Waals surface area contributed by atoms with Crippen molar-refractivity contribution in [3.05, 3.63) is 12.2 Å². The molecule has 86 valence electrons. The van der Waals surface area contributed by atoms with Gasteiger partial charge in [-0.1, -0.05) is 12.2 Å². The SMILES string of the molecule is C=C(C)CNC(=O)NCC[C@H]1CCCO1. The molecule has 15 heavy (non-hydrogen) atoms. The highest BCUT2D eigenvalue weighted by Gasteiger charge is 2.14. The lowest BCUT2D eigenvalue weighted by Crippen LogP contribution is -2.37. The molecule has 4 nitrogen and oxygen atoms in total. The molecule has 1 fully saturated rings. The smallest absolute Gasteiger partial charge is 0.315 e. The Labute approximate surface area is 91.1 Å². The first-order valence-electron chi connectivity index (χ1n) is 5.46. The van der Waals surface area contributed by atoms with Gasteiger partial charge in [0.2, 0.25) is 0 Å². The molecule has 1 aliphatic heterocycles. The number of carbonyl (C=O) groups is 1. The average Bonchev–Trinajstić information content (AvgIpc) is 2.67. The van der Waals surface area contributed by atoms with Gasteiger partial charge in [-0.15, -0.1) is 0 Å². The summed E-state index contributed by atoms with van der Waals surface area (Å²) in [7, 11) is 0. The molecular weight excluding hydrogens is 192 g/mol. The summed E-state index contributed by atoms with van der Waals surface area (Å²) < 4.78 is 5.45. The number of rotatable bonds is 5. The van der Waals surface area contributed by atoms with E-state index in [1.807, 2.05) is 6.92 Å². The lowest BCUT2D eigenvalue weighted by molar-refractivity contribution is 0.104. The van der Waals surface area contributed by atoms with Gasteiger partial charge in [-0.05, 0) is 26.2 Å². The molecule has 1 aliphatic rings. The maximum Gasteiger partial charge on any atom is 0.315 e. The first-order valence-corrected chi connectivity index (χ1v) is 5.46. The molecule has 0 radical (unpaired) electrons. The predicted molar refractivity (Wildman–Crippen MR) is 59.8 cm³/mol. The summed E-state index contributed by atoms with van der Waals surface area (Å²) in [6, 6.07) is -0.129. The van der Waals surface area contributed by atoms with Gasteiger partial charge in [0.15, 0.2) is 0 Å². The van der Waals surface area contributed by atoms with Crippen LogP contribution in [0.3, 0.4) is 0 Å². The Balaban J connectivity index is 1.98. The van der Waals surface area contributed by atoms with Crippen molar-refractivity contribution in [2.45, 2.75) is 32.3 Å². The summed E-state index contributed by atoms with van der Waals surface area (Å²) in [5.74, 6) is 0. The van der Waals surface area contributed by atoms with Crippen molar-refractivity contribution in [3.63, 3.8) is 0 Å². The van der Waals surface area contributed by atoms with E-state index in [-0.39, 0.29) is 6.03 Å². The van der Waals surface area contributed by atoms with E-state index < -0.39 is 0 Å². The summed E-state index contributed by atoms with van der Waals surface area (Å²) in [6.07, 6.45) is 3.51. The van der Waals surface area contributed by atoms with Crippen LogP contribution in [0.5, 0.6) is 0 Å². The Morgan fingerprint density at radius 1 is 1.53 bits per heavy atom. The van der Waals surface area contributed by atoms with Gasteiger partial charge in [-0.25, -0.2) is 4.79 Å². The van der Waals surface area contributed by atoms with Gasteiger partial charge in [-0.3, -0.25) is 0 Å². The van der Waals surface area contributed by atoms with Crippen LogP contribution in [0.25, 0.3) is 0 Å². The first-order chi connectivity index (χ1) is 7.18. The highest BCUT2D eigenvalue weighted by molar-refractivity contribution is 5.73. The largest absolute Gasteiger partial charge is 0.378 e. The zero-order valence-corrected chi connectivity index (χ0v) is 9.34. The summed E-state index contributed by atoms with van der Waals surface area (Å²) in [5, 5.41) is 5.51. The fourth-order valence-electron chi connectivity index (χ4n) is 1.51. The molecule has 2 N–H and O–H groups in total. The van der Waals surface area contributed by atoms with Crippen molar-refractivity contribution in [1.82, 2.24) is 10.6 Å². The third kappa shape index (κ3) is 5.42. The van der Waals surface area contributed by atoms with Crippen LogP contribution in [0, 0.1) is 0 Å². The molecule has 0 aliphatic carbocycles. The Morgan fingerprint density at radius 3 is 2.93 bits per heavy atom. The standard InChI is InChI=1S/C11H20N2O2/c1-9(2)8-13-11(14)12-6-5-10-4-3-7-15-10/h10H,1,3-8H2,2H3,(H2,12,13,14)/t10-/m1/s1. The van der Waals surface area contributed by atoms with Crippen LogP contribution in [0.2, 0.25) is 0 Å². The second kappa shape index (κ2) is 6.45. The molecule has 1 saturated heterocycles. The number of carbonyl (C=O) groups excluding carboxylic acids is 1. The summed E-state index contributed by atoms with van der Waals surface area (Å²) >= 11 is 0. The molecule has 0 spiro atoms. The molecule has 0 aromatic rings. The second-order valence-electron chi connectivity index (χ2n) is 3.99. The van der Waals surface area contributed by atoms with Gasteiger partial charge in [-0.2, -0.15) is 0 Å².